The molecule has 3 fully saturated rings. The summed E-state index contributed by atoms with van der Waals surface area (Å²) in [4.78, 5) is 26.8. The smallest absolute Gasteiger partial charge is 0.241 e. The lowest BCUT2D eigenvalue weighted by molar-refractivity contribution is -0.124. The second kappa shape index (κ2) is 5.41. The molecule has 3 saturated heterocycles. The minimum absolute atomic E-state index is 0.106. The third-order valence-corrected chi connectivity index (χ3v) is 5.61. The van der Waals surface area contributed by atoms with Crippen molar-refractivity contribution in [2.45, 2.75) is 31.6 Å². The average Bonchev–Trinajstić information content (AvgIpc) is 3.33. The number of rotatable bonds is 3. The predicted octanol–water partition coefficient (Wildman–Crippen LogP) is 2.25. The highest BCUT2D eigenvalue weighted by atomic mass is 35.5. The van der Waals surface area contributed by atoms with Crippen LogP contribution in [0.25, 0.3) is 0 Å². The van der Waals surface area contributed by atoms with Gasteiger partial charge in [0.15, 0.2) is 5.82 Å². The maximum Gasteiger partial charge on any atom is 0.241 e. The Labute approximate surface area is 149 Å². The van der Waals surface area contributed by atoms with Gasteiger partial charge in [-0.15, -0.1) is 0 Å². The minimum Gasteiger partial charge on any atom is -0.373 e. The van der Waals surface area contributed by atoms with Crippen molar-refractivity contribution in [2.75, 3.05) is 4.90 Å². The molecule has 1 aromatic heterocycles. The van der Waals surface area contributed by atoms with E-state index < -0.39 is 0 Å². The van der Waals surface area contributed by atoms with E-state index in [1.165, 1.54) is 4.90 Å². The van der Waals surface area contributed by atoms with Crippen molar-refractivity contribution < 1.29 is 14.3 Å². The molecule has 0 radical (unpaired) electrons. The predicted molar refractivity (Wildman–Crippen MR) is 90.1 cm³/mol. The SMILES string of the molecule is O=C1[C@@H]2[C@H](C(=O)N1c1ccn(Cc3cccc(Cl)c3)n1)[C@H]1CC[C@@H]2O1. The zero-order chi connectivity index (χ0) is 17.1. The molecule has 2 amide bonds. The molecule has 2 aromatic rings. The summed E-state index contributed by atoms with van der Waals surface area (Å²) in [5, 5.41) is 5.10. The van der Waals surface area contributed by atoms with E-state index >= 15 is 0 Å². The Morgan fingerprint density at radius 1 is 1.12 bits per heavy atom. The lowest BCUT2D eigenvalue weighted by Gasteiger charge is -2.15. The molecule has 6 nitrogen and oxygen atoms in total. The first-order valence-electron chi connectivity index (χ1n) is 8.43. The monoisotopic (exact) mass is 357 g/mol. The van der Waals surface area contributed by atoms with E-state index in [-0.39, 0.29) is 35.9 Å². The van der Waals surface area contributed by atoms with Crippen molar-refractivity contribution >= 4 is 29.2 Å². The highest BCUT2D eigenvalue weighted by Crippen LogP contribution is 2.49. The van der Waals surface area contributed by atoms with Gasteiger partial charge in [-0.05, 0) is 30.5 Å². The zero-order valence-electron chi connectivity index (χ0n) is 13.3. The molecule has 1 aromatic carbocycles. The van der Waals surface area contributed by atoms with Crippen molar-refractivity contribution in [3.05, 3.63) is 47.1 Å². The summed E-state index contributed by atoms with van der Waals surface area (Å²) in [7, 11) is 0. The quantitative estimate of drug-likeness (QED) is 0.790. The van der Waals surface area contributed by atoms with Crippen LogP contribution in [0.2, 0.25) is 5.02 Å². The zero-order valence-corrected chi connectivity index (χ0v) is 14.1. The molecule has 7 heteroatoms. The van der Waals surface area contributed by atoms with Gasteiger partial charge >= 0.3 is 0 Å². The number of imide groups is 1. The molecular formula is C18H16ClN3O3. The molecule has 0 aliphatic carbocycles. The molecule has 0 unspecified atom stereocenters. The van der Waals surface area contributed by atoms with Gasteiger partial charge < -0.3 is 4.74 Å². The van der Waals surface area contributed by atoms with Gasteiger partial charge in [-0.25, -0.2) is 4.90 Å². The third kappa shape index (κ3) is 2.24. The number of fused-ring (bicyclic) bond motifs is 5. The fraction of sp³-hybridized carbons (Fsp3) is 0.389. The van der Waals surface area contributed by atoms with E-state index in [2.05, 4.69) is 5.10 Å². The fourth-order valence-corrected chi connectivity index (χ4v) is 4.53. The van der Waals surface area contributed by atoms with Crippen molar-refractivity contribution in [3.8, 4) is 0 Å². The first kappa shape index (κ1) is 15.1. The van der Waals surface area contributed by atoms with E-state index in [4.69, 9.17) is 16.3 Å². The number of hydrogen-bond acceptors (Lipinski definition) is 4. The summed E-state index contributed by atoms with van der Waals surface area (Å²) in [6.45, 7) is 0.526. The van der Waals surface area contributed by atoms with E-state index in [1.807, 2.05) is 24.3 Å². The Balaban J connectivity index is 1.40. The largest absolute Gasteiger partial charge is 0.373 e. The van der Waals surface area contributed by atoms with Crippen molar-refractivity contribution in [1.29, 1.82) is 0 Å². The van der Waals surface area contributed by atoms with Crippen LogP contribution < -0.4 is 4.90 Å². The van der Waals surface area contributed by atoms with Crippen molar-refractivity contribution in [1.82, 2.24) is 9.78 Å². The first-order valence-corrected chi connectivity index (χ1v) is 8.81. The molecule has 5 rings (SSSR count). The van der Waals surface area contributed by atoms with Gasteiger partial charge in [0.25, 0.3) is 0 Å². The molecule has 0 spiro atoms. The Hall–Kier alpha value is -2.18. The maximum atomic E-state index is 12.8. The molecule has 128 valence electrons. The Kier molecular flexibility index (Phi) is 3.27. The lowest BCUT2D eigenvalue weighted by Crippen LogP contribution is -2.34. The molecule has 3 aliphatic heterocycles. The number of nitrogens with zero attached hydrogens (tertiary/aromatic N) is 3. The summed E-state index contributed by atoms with van der Waals surface area (Å²) in [5.41, 5.74) is 1.00. The summed E-state index contributed by atoms with van der Waals surface area (Å²) in [6.07, 6.45) is 3.29. The Bertz CT molecular complexity index is 852. The minimum atomic E-state index is -0.329. The Morgan fingerprint density at radius 2 is 1.84 bits per heavy atom. The van der Waals surface area contributed by atoms with Crippen LogP contribution in [0, 0.1) is 11.8 Å². The van der Waals surface area contributed by atoms with Crippen LogP contribution in [0.5, 0.6) is 0 Å². The number of hydrogen-bond donors (Lipinski definition) is 0. The second-order valence-electron chi connectivity index (χ2n) is 6.86. The molecule has 25 heavy (non-hydrogen) atoms. The van der Waals surface area contributed by atoms with Crippen LogP contribution in [0.3, 0.4) is 0 Å². The molecule has 2 bridgehead atoms. The van der Waals surface area contributed by atoms with Crippen LogP contribution in [0.15, 0.2) is 36.5 Å². The molecular weight excluding hydrogens is 342 g/mol. The van der Waals surface area contributed by atoms with E-state index in [0.717, 1.165) is 18.4 Å². The molecule has 0 N–H and O–H groups in total. The highest BCUT2D eigenvalue weighted by Gasteiger charge is 2.63. The number of aromatic nitrogens is 2. The fourth-order valence-electron chi connectivity index (χ4n) is 4.32. The van der Waals surface area contributed by atoms with Crippen LogP contribution in [-0.4, -0.2) is 33.8 Å². The van der Waals surface area contributed by atoms with Gasteiger partial charge in [0.2, 0.25) is 11.8 Å². The normalized spacial score (nSPS) is 30.4. The topological polar surface area (TPSA) is 64.4 Å². The summed E-state index contributed by atoms with van der Waals surface area (Å²) in [6, 6.07) is 9.24. The molecule has 4 atom stereocenters. The molecule has 3 aliphatic rings. The standard InChI is InChI=1S/C18H16ClN3O3/c19-11-3-1-2-10(8-11)9-21-7-6-14(20-21)22-17(23)15-12-4-5-13(25-12)16(15)18(22)24/h1-3,6-8,12-13,15-16H,4-5,9H2/t12-,13+,15-,16+. The van der Waals surface area contributed by atoms with Crippen molar-refractivity contribution in [3.63, 3.8) is 0 Å². The van der Waals surface area contributed by atoms with Crippen LogP contribution in [0.1, 0.15) is 18.4 Å². The highest BCUT2D eigenvalue weighted by molar-refractivity contribution is 6.30. The number of carbonyl (C=O) groups excluding carboxylic acids is 2. The van der Waals surface area contributed by atoms with Gasteiger partial charge in [0, 0.05) is 17.3 Å². The first-order chi connectivity index (χ1) is 12.1. The van der Waals surface area contributed by atoms with Gasteiger partial charge in [-0.2, -0.15) is 5.10 Å². The van der Waals surface area contributed by atoms with E-state index in [9.17, 15) is 9.59 Å². The summed E-state index contributed by atoms with van der Waals surface area (Å²) in [5.74, 6) is -0.607. The second-order valence-corrected chi connectivity index (χ2v) is 7.29. The maximum absolute atomic E-state index is 12.8. The van der Waals surface area contributed by atoms with Crippen LogP contribution >= 0.6 is 11.6 Å². The number of benzene rings is 1. The van der Waals surface area contributed by atoms with E-state index in [0.29, 0.717) is 17.4 Å². The van der Waals surface area contributed by atoms with Crippen LogP contribution in [0.4, 0.5) is 5.82 Å². The van der Waals surface area contributed by atoms with Gasteiger partial charge in [0.05, 0.1) is 30.6 Å². The summed E-state index contributed by atoms with van der Waals surface area (Å²) >= 11 is 6.01. The van der Waals surface area contributed by atoms with Crippen LogP contribution in [-0.2, 0) is 20.9 Å². The Morgan fingerprint density at radius 3 is 2.52 bits per heavy atom. The van der Waals surface area contributed by atoms with Gasteiger partial charge in [-0.1, -0.05) is 23.7 Å². The number of amides is 2. The number of anilines is 1. The molecule has 4 heterocycles. The number of ether oxygens (including phenoxy) is 1. The molecule has 0 saturated carbocycles. The summed E-state index contributed by atoms with van der Waals surface area (Å²) < 4.78 is 7.46. The van der Waals surface area contributed by atoms with Gasteiger partial charge in [-0.3, -0.25) is 14.3 Å². The van der Waals surface area contributed by atoms with E-state index in [1.54, 1.807) is 16.9 Å². The third-order valence-electron chi connectivity index (χ3n) is 5.37. The number of carbonyl (C=O) groups is 2. The lowest BCUT2D eigenvalue weighted by atomic mass is 9.81. The van der Waals surface area contributed by atoms with Crippen molar-refractivity contribution in [2.24, 2.45) is 11.8 Å². The number of halogens is 1. The van der Waals surface area contributed by atoms with Gasteiger partial charge in [0.1, 0.15) is 0 Å². The average molecular weight is 358 g/mol.